The van der Waals surface area contributed by atoms with Crippen LogP contribution in [0.25, 0.3) is 0 Å². The van der Waals surface area contributed by atoms with Gasteiger partial charge in [0, 0.05) is 11.2 Å². The third-order valence-corrected chi connectivity index (χ3v) is 2.72. The Balaban J connectivity index is 2.08. The van der Waals surface area contributed by atoms with E-state index in [1.807, 2.05) is 37.3 Å². The molecule has 0 bridgehead atoms. The van der Waals surface area contributed by atoms with Gasteiger partial charge < -0.3 is 4.74 Å². The van der Waals surface area contributed by atoms with Crippen LogP contribution in [0.5, 0.6) is 0 Å². The Morgan fingerprint density at radius 2 is 2.00 bits per heavy atom. The molecule has 0 fully saturated rings. The van der Waals surface area contributed by atoms with E-state index < -0.39 is 5.97 Å². The fourth-order valence-electron chi connectivity index (χ4n) is 1.53. The van der Waals surface area contributed by atoms with Crippen molar-refractivity contribution in [3.63, 3.8) is 0 Å². The molecule has 1 atom stereocenters. The van der Waals surface area contributed by atoms with Gasteiger partial charge in [-0.15, -0.1) is 0 Å². The molecule has 2 rings (SSSR count). The van der Waals surface area contributed by atoms with E-state index in [1.54, 1.807) is 6.07 Å². The number of benzene rings is 1. The molecular weight excluding hydrogens is 250 g/mol. The average molecular weight is 262 g/mol. The maximum absolute atomic E-state index is 11.8. The molecular formula is C14H12ClNO2. The second kappa shape index (κ2) is 5.65. The lowest BCUT2D eigenvalue weighted by molar-refractivity contribution is 0.0331. The highest BCUT2D eigenvalue weighted by Gasteiger charge is 2.14. The zero-order valence-electron chi connectivity index (χ0n) is 9.84. The van der Waals surface area contributed by atoms with Gasteiger partial charge in [0.2, 0.25) is 0 Å². The number of carbonyl (C=O) groups is 1. The van der Waals surface area contributed by atoms with Crippen LogP contribution in [0.4, 0.5) is 0 Å². The number of hydrogen-bond donors (Lipinski definition) is 0. The molecule has 0 spiro atoms. The molecule has 0 aliphatic carbocycles. The van der Waals surface area contributed by atoms with E-state index in [0.29, 0.717) is 5.02 Å². The molecule has 18 heavy (non-hydrogen) atoms. The molecule has 1 heterocycles. The van der Waals surface area contributed by atoms with Crippen LogP contribution in [0.3, 0.4) is 0 Å². The molecule has 2 aromatic rings. The van der Waals surface area contributed by atoms with Crippen molar-refractivity contribution in [3.8, 4) is 0 Å². The van der Waals surface area contributed by atoms with Crippen LogP contribution in [0, 0.1) is 0 Å². The SMILES string of the molecule is C[C@@H](OC(=O)c1cc(Cl)ccn1)c1ccccc1. The Bertz CT molecular complexity index is 543. The van der Waals surface area contributed by atoms with E-state index in [2.05, 4.69) is 4.98 Å². The molecule has 3 nitrogen and oxygen atoms in total. The summed E-state index contributed by atoms with van der Waals surface area (Å²) in [6.45, 7) is 1.82. The van der Waals surface area contributed by atoms with Crippen molar-refractivity contribution in [2.75, 3.05) is 0 Å². The fourth-order valence-corrected chi connectivity index (χ4v) is 1.69. The standard InChI is InChI=1S/C14H12ClNO2/c1-10(11-5-3-2-4-6-11)18-14(17)13-9-12(15)7-8-16-13/h2-10H,1H3/t10-/m1/s1. The highest BCUT2D eigenvalue weighted by atomic mass is 35.5. The van der Waals surface area contributed by atoms with Crippen molar-refractivity contribution >= 4 is 17.6 Å². The van der Waals surface area contributed by atoms with Crippen molar-refractivity contribution in [2.45, 2.75) is 13.0 Å². The maximum atomic E-state index is 11.8. The molecule has 0 amide bonds. The van der Waals surface area contributed by atoms with Gasteiger partial charge in [0.1, 0.15) is 11.8 Å². The summed E-state index contributed by atoms with van der Waals surface area (Å²) in [6, 6.07) is 12.6. The van der Waals surface area contributed by atoms with E-state index in [4.69, 9.17) is 16.3 Å². The fraction of sp³-hybridized carbons (Fsp3) is 0.143. The minimum atomic E-state index is -0.478. The van der Waals surface area contributed by atoms with Crippen LogP contribution < -0.4 is 0 Å². The third-order valence-electron chi connectivity index (χ3n) is 2.48. The average Bonchev–Trinajstić information content (AvgIpc) is 2.39. The van der Waals surface area contributed by atoms with Crippen LogP contribution in [0.1, 0.15) is 29.1 Å². The molecule has 0 radical (unpaired) electrons. The summed E-state index contributed by atoms with van der Waals surface area (Å²) in [4.78, 5) is 15.8. The van der Waals surface area contributed by atoms with Crippen molar-refractivity contribution in [1.29, 1.82) is 0 Å². The monoisotopic (exact) mass is 261 g/mol. The van der Waals surface area contributed by atoms with E-state index in [0.717, 1.165) is 5.56 Å². The zero-order valence-corrected chi connectivity index (χ0v) is 10.6. The number of halogens is 1. The van der Waals surface area contributed by atoms with Crippen molar-refractivity contribution in [1.82, 2.24) is 4.98 Å². The highest BCUT2D eigenvalue weighted by molar-refractivity contribution is 6.30. The van der Waals surface area contributed by atoms with Gasteiger partial charge in [-0.05, 0) is 24.6 Å². The van der Waals surface area contributed by atoms with Gasteiger partial charge in [-0.2, -0.15) is 0 Å². The number of aromatic nitrogens is 1. The number of esters is 1. The smallest absolute Gasteiger partial charge is 0.357 e. The van der Waals surface area contributed by atoms with Crippen molar-refractivity contribution < 1.29 is 9.53 Å². The molecule has 0 N–H and O–H groups in total. The molecule has 1 aromatic heterocycles. The molecule has 0 aliphatic heterocycles. The van der Waals surface area contributed by atoms with Gasteiger partial charge in [0.15, 0.2) is 0 Å². The Morgan fingerprint density at radius 3 is 2.67 bits per heavy atom. The quantitative estimate of drug-likeness (QED) is 0.792. The molecule has 4 heteroatoms. The summed E-state index contributed by atoms with van der Waals surface area (Å²) in [5, 5.41) is 0.462. The second-order valence-electron chi connectivity index (χ2n) is 3.82. The van der Waals surface area contributed by atoms with Crippen molar-refractivity contribution in [3.05, 3.63) is 64.9 Å². The minimum Gasteiger partial charge on any atom is -0.453 e. The normalized spacial score (nSPS) is 11.9. The van der Waals surface area contributed by atoms with Crippen LogP contribution in [-0.4, -0.2) is 11.0 Å². The second-order valence-corrected chi connectivity index (χ2v) is 4.25. The molecule has 0 saturated carbocycles. The summed E-state index contributed by atoms with van der Waals surface area (Å²) in [5.41, 5.74) is 1.15. The first kappa shape index (κ1) is 12.6. The number of rotatable bonds is 3. The topological polar surface area (TPSA) is 39.2 Å². The Hall–Kier alpha value is -1.87. The van der Waals surface area contributed by atoms with Crippen LogP contribution in [0.15, 0.2) is 48.7 Å². The predicted molar refractivity (Wildman–Crippen MR) is 69.5 cm³/mol. The summed E-state index contributed by atoms with van der Waals surface area (Å²) in [5.74, 6) is -0.478. The van der Waals surface area contributed by atoms with E-state index in [1.165, 1.54) is 12.3 Å². The summed E-state index contributed by atoms with van der Waals surface area (Å²) in [6.07, 6.45) is 1.16. The zero-order chi connectivity index (χ0) is 13.0. The highest BCUT2D eigenvalue weighted by Crippen LogP contribution is 2.18. The predicted octanol–water partition coefficient (Wildman–Crippen LogP) is 3.65. The number of carbonyl (C=O) groups excluding carboxylic acids is 1. The van der Waals surface area contributed by atoms with Gasteiger partial charge in [-0.25, -0.2) is 9.78 Å². The summed E-state index contributed by atoms with van der Waals surface area (Å²) < 4.78 is 5.32. The van der Waals surface area contributed by atoms with E-state index in [-0.39, 0.29) is 11.8 Å². The van der Waals surface area contributed by atoms with Gasteiger partial charge >= 0.3 is 5.97 Å². The first-order chi connectivity index (χ1) is 8.66. The molecule has 0 saturated heterocycles. The first-order valence-electron chi connectivity index (χ1n) is 5.54. The lowest BCUT2D eigenvalue weighted by Gasteiger charge is -2.13. The third kappa shape index (κ3) is 3.08. The van der Waals surface area contributed by atoms with Crippen LogP contribution in [-0.2, 0) is 4.74 Å². The molecule has 1 aromatic carbocycles. The molecule has 92 valence electrons. The Labute approximate surface area is 110 Å². The van der Waals surface area contributed by atoms with Crippen molar-refractivity contribution in [2.24, 2.45) is 0 Å². The Morgan fingerprint density at radius 1 is 1.28 bits per heavy atom. The number of hydrogen-bond acceptors (Lipinski definition) is 3. The van der Waals surface area contributed by atoms with E-state index in [9.17, 15) is 4.79 Å². The summed E-state index contributed by atoms with van der Waals surface area (Å²) in [7, 11) is 0. The number of nitrogens with zero attached hydrogens (tertiary/aromatic N) is 1. The van der Waals surface area contributed by atoms with E-state index >= 15 is 0 Å². The Kier molecular flexibility index (Phi) is 3.95. The maximum Gasteiger partial charge on any atom is 0.357 e. The number of pyridine rings is 1. The largest absolute Gasteiger partial charge is 0.453 e. The molecule has 0 unspecified atom stereocenters. The van der Waals surface area contributed by atoms with Crippen LogP contribution in [0.2, 0.25) is 5.02 Å². The first-order valence-corrected chi connectivity index (χ1v) is 5.92. The lowest BCUT2D eigenvalue weighted by atomic mass is 10.1. The van der Waals surface area contributed by atoms with Gasteiger partial charge in [-0.1, -0.05) is 41.9 Å². The van der Waals surface area contributed by atoms with Gasteiger partial charge in [-0.3, -0.25) is 0 Å². The molecule has 0 aliphatic rings. The number of ether oxygens (including phenoxy) is 1. The van der Waals surface area contributed by atoms with Gasteiger partial charge in [0.25, 0.3) is 0 Å². The van der Waals surface area contributed by atoms with Gasteiger partial charge in [0.05, 0.1) is 0 Å². The van der Waals surface area contributed by atoms with Crippen LogP contribution >= 0.6 is 11.6 Å². The minimum absolute atomic E-state index is 0.213. The lowest BCUT2D eigenvalue weighted by Crippen LogP contribution is -2.10. The summed E-state index contributed by atoms with van der Waals surface area (Å²) >= 11 is 5.79.